The SMILES string of the molecule is Cc1ccc(C(=O)NC2CC2)cc1NC(=O)NCc1cccnc1N1CCCCC1. The average Bonchev–Trinajstić information content (AvgIpc) is 3.58. The van der Waals surface area contributed by atoms with E-state index in [1.54, 1.807) is 18.3 Å². The lowest BCUT2D eigenvalue weighted by Crippen LogP contribution is -2.33. The predicted octanol–water partition coefficient (Wildman–Crippen LogP) is 3.59. The number of piperidine rings is 1. The topological polar surface area (TPSA) is 86.4 Å². The summed E-state index contributed by atoms with van der Waals surface area (Å²) in [6.45, 7) is 4.32. The summed E-state index contributed by atoms with van der Waals surface area (Å²) in [7, 11) is 0. The molecule has 1 aliphatic heterocycles. The van der Waals surface area contributed by atoms with E-state index in [9.17, 15) is 9.59 Å². The van der Waals surface area contributed by atoms with Gasteiger partial charge < -0.3 is 20.9 Å². The van der Waals surface area contributed by atoms with Gasteiger partial charge in [-0.15, -0.1) is 0 Å². The number of rotatable bonds is 6. The van der Waals surface area contributed by atoms with Gasteiger partial charge in [-0.25, -0.2) is 9.78 Å². The van der Waals surface area contributed by atoms with Crippen LogP contribution in [0.5, 0.6) is 0 Å². The van der Waals surface area contributed by atoms with Crippen LogP contribution in [0.15, 0.2) is 36.5 Å². The number of carbonyl (C=O) groups excluding carboxylic acids is 2. The Hall–Kier alpha value is -3.09. The van der Waals surface area contributed by atoms with Crippen LogP contribution < -0.4 is 20.9 Å². The molecule has 2 aromatic rings. The van der Waals surface area contributed by atoms with Crippen LogP contribution in [0.4, 0.5) is 16.3 Å². The molecule has 2 fully saturated rings. The number of nitrogens with zero attached hydrogens (tertiary/aromatic N) is 2. The van der Waals surface area contributed by atoms with E-state index in [1.165, 1.54) is 19.3 Å². The van der Waals surface area contributed by atoms with Crippen molar-refractivity contribution in [3.63, 3.8) is 0 Å². The van der Waals surface area contributed by atoms with Crippen molar-refractivity contribution in [3.05, 3.63) is 53.2 Å². The van der Waals surface area contributed by atoms with Crippen LogP contribution in [0.3, 0.4) is 0 Å². The molecular weight excluding hydrogens is 378 g/mol. The first kappa shape index (κ1) is 20.2. The molecule has 7 heteroatoms. The van der Waals surface area contributed by atoms with Gasteiger partial charge in [0, 0.05) is 48.7 Å². The van der Waals surface area contributed by atoms with E-state index in [4.69, 9.17) is 0 Å². The lowest BCUT2D eigenvalue weighted by molar-refractivity contribution is 0.0951. The summed E-state index contributed by atoms with van der Waals surface area (Å²) in [5.74, 6) is 0.856. The first-order valence-corrected chi connectivity index (χ1v) is 10.8. The zero-order valence-electron chi connectivity index (χ0n) is 17.4. The fourth-order valence-electron chi connectivity index (χ4n) is 3.70. The van der Waals surface area contributed by atoms with Crippen LogP contribution in [0.1, 0.15) is 53.6 Å². The van der Waals surface area contributed by atoms with Crippen LogP contribution in [-0.4, -0.2) is 36.1 Å². The minimum atomic E-state index is -0.300. The Bertz CT molecular complexity index is 920. The number of hydrogen-bond donors (Lipinski definition) is 3. The Labute approximate surface area is 177 Å². The zero-order chi connectivity index (χ0) is 20.9. The van der Waals surface area contributed by atoms with E-state index in [0.29, 0.717) is 23.8 Å². The van der Waals surface area contributed by atoms with Crippen molar-refractivity contribution >= 4 is 23.4 Å². The van der Waals surface area contributed by atoms with Crippen LogP contribution in [-0.2, 0) is 6.54 Å². The number of hydrogen-bond acceptors (Lipinski definition) is 4. The van der Waals surface area contributed by atoms with E-state index in [1.807, 2.05) is 25.1 Å². The van der Waals surface area contributed by atoms with Gasteiger partial charge in [-0.1, -0.05) is 12.1 Å². The molecule has 0 bridgehead atoms. The highest BCUT2D eigenvalue weighted by molar-refractivity contribution is 5.97. The minimum absolute atomic E-state index is 0.0949. The molecule has 1 aromatic heterocycles. The lowest BCUT2D eigenvalue weighted by atomic mass is 10.1. The summed E-state index contributed by atoms with van der Waals surface area (Å²) < 4.78 is 0. The smallest absolute Gasteiger partial charge is 0.319 e. The van der Waals surface area contributed by atoms with Gasteiger partial charge in [-0.05, 0) is 62.8 Å². The van der Waals surface area contributed by atoms with Crippen molar-refractivity contribution in [1.82, 2.24) is 15.6 Å². The van der Waals surface area contributed by atoms with E-state index < -0.39 is 0 Å². The highest BCUT2D eigenvalue weighted by Gasteiger charge is 2.24. The Morgan fingerprint density at radius 2 is 1.93 bits per heavy atom. The molecule has 0 unspecified atom stereocenters. The zero-order valence-corrected chi connectivity index (χ0v) is 17.4. The molecule has 3 amide bonds. The largest absolute Gasteiger partial charge is 0.356 e. The summed E-state index contributed by atoms with van der Waals surface area (Å²) in [6, 6.07) is 9.28. The van der Waals surface area contributed by atoms with Gasteiger partial charge in [-0.3, -0.25) is 4.79 Å². The van der Waals surface area contributed by atoms with Gasteiger partial charge in [-0.2, -0.15) is 0 Å². The van der Waals surface area contributed by atoms with Crippen molar-refractivity contribution < 1.29 is 9.59 Å². The third-order valence-electron chi connectivity index (χ3n) is 5.62. The highest BCUT2D eigenvalue weighted by Crippen LogP contribution is 2.23. The molecular formula is C23H29N5O2. The Balaban J connectivity index is 1.38. The van der Waals surface area contributed by atoms with Gasteiger partial charge in [0.15, 0.2) is 0 Å². The summed E-state index contributed by atoms with van der Waals surface area (Å²) in [6.07, 6.45) is 7.49. The summed E-state index contributed by atoms with van der Waals surface area (Å²) in [5.41, 5.74) is 3.10. The fourth-order valence-corrected chi connectivity index (χ4v) is 3.70. The molecule has 2 heterocycles. The van der Waals surface area contributed by atoms with Crippen LogP contribution >= 0.6 is 0 Å². The van der Waals surface area contributed by atoms with Gasteiger partial charge in [0.05, 0.1) is 0 Å². The molecule has 0 radical (unpaired) electrons. The molecule has 3 N–H and O–H groups in total. The predicted molar refractivity (Wildman–Crippen MR) is 118 cm³/mol. The number of benzene rings is 1. The number of carbonyl (C=O) groups is 2. The molecule has 1 aromatic carbocycles. The quantitative estimate of drug-likeness (QED) is 0.683. The van der Waals surface area contributed by atoms with Crippen molar-refractivity contribution in [2.24, 2.45) is 0 Å². The molecule has 7 nitrogen and oxygen atoms in total. The Kier molecular flexibility index (Phi) is 6.16. The normalized spacial score (nSPS) is 16.1. The number of aryl methyl sites for hydroxylation is 1. The summed E-state index contributed by atoms with van der Waals surface area (Å²) in [4.78, 5) is 31.7. The summed E-state index contributed by atoms with van der Waals surface area (Å²) >= 11 is 0. The third kappa shape index (κ3) is 5.09. The number of amides is 3. The lowest BCUT2D eigenvalue weighted by Gasteiger charge is -2.29. The third-order valence-corrected chi connectivity index (χ3v) is 5.62. The van der Waals surface area contributed by atoms with E-state index in [0.717, 1.165) is 42.9 Å². The van der Waals surface area contributed by atoms with Gasteiger partial charge in [0.2, 0.25) is 0 Å². The number of anilines is 2. The number of nitrogens with one attached hydrogen (secondary N) is 3. The molecule has 2 aliphatic rings. The van der Waals surface area contributed by atoms with Gasteiger partial charge >= 0.3 is 6.03 Å². The fraction of sp³-hybridized carbons (Fsp3) is 0.435. The molecule has 1 aliphatic carbocycles. The van der Waals surface area contributed by atoms with Crippen LogP contribution in [0, 0.1) is 6.92 Å². The first-order chi connectivity index (χ1) is 14.6. The standard InChI is InChI=1S/C23H29N5O2/c1-16-7-8-17(22(29)26-19-9-10-19)14-20(16)27-23(30)25-15-18-6-5-11-24-21(18)28-12-3-2-4-13-28/h5-8,11,14,19H,2-4,9-10,12-13,15H2,1H3,(H,26,29)(H2,25,27,30). The highest BCUT2D eigenvalue weighted by atomic mass is 16.2. The van der Waals surface area contributed by atoms with Crippen LogP contribution in [0.25, 0.3) is 0 Å². The van der Waals surface area contributed by atoms with Crippen molar-refractivity contribution in [1.29, 1.82) is 0 Å². The molecule has 4 rings (SSSR count). The Morgan fingerprint density at radius 1 is 1.13 bits per heavy atom. The summed E-state index contributed by atoms with van der Waals surface area (Å²) in [5, 5.41) is 8.78. The maximum Gasteiger partial charge on any atom is 0.319 e. The average molecular weight is 408 g/mol. The second-order valence-corrected chi connectivity index (χ2v) is 8.12. The maximum atomic E-state index is 12.5. The molecule has 0 spiro atoms. The van der Waals surface area contributed by atoms with Crippen molar-refractivity contribution in [3.8, 4) is 0 Å². The minimum Gasteiger partial charge on any atom is -0.356 e. The second-order valence-electron chi connectivity index (χ2n) is 8.12. The maximum absolute atomic E-state index is 12.5. The first-order valence-electron chi connectivity index (χ1n) is 10.8. The molecule has 0 atom stereocenters. The van der Waals surface area contributed by atoms with Gasteiger partial charge in [0.1, 0.15) is 5.82 Å². The molecule has 1 saturated heterocycles. The van der Waals surface area contributed by atoms with Gasteiger partial charge in [0.25, 0.3) is 5.91 Å². The Morgan fingerprint density at radius 3 is 2.70 bits per heavy atom. The van der Waals surface area contributed by atoms with Crippen molar-refractivity contribution in [2.75, 3.05) is 23.3 Å². The van der Waals surface area contributed by atoms with Crippen LogP contribution in [0.2, 0.25) is 0 Å². The molecule has 158 valence electrons. The monoisotopic (exact) mass is 407 g/mol. The second kappa shape index (κ2) is 9.15. The number of aromatic nitrogens is 1. The molecule has 1 saturated carbocycles. The van der Waals surface area contributed by atoms with E-state index in [2.05, 4.69) is 25.8 Å². The van der Waals surface area contributed by atoms with Crippen molar-refractivity contribution in [2.45, 2.75) is 51.6 Å². The van der Waals surface area contributed by atoms with E-state index in [-0.39, 0.29) is 11.9 Å². The number of pyridine rings is 1. The number of urea groups is 1. The van der Waals surface area contributed by atoms with E-state index >= 15 is 0 Å². The molecule has 30 heavy (non-hydrogen) atoms.